The normalized spacial score (nSPS) is 11.5. The Morgan fingerprint density at radius 1 is 0.839 bits per heavy atom. The molecule has 0 N–H and O–H groups in total. The van der Waals surface area contributed by atoms with Crippen molar-refractivity contribution in [1.29, 1.82) is 0 Å². The maximum atomic E-state index is 13.3. The van der Waals surface area contributed by atoms with Gasteiger partial charge < -0.3 is 4.90 Å². The largest absolute Gasteiger partial charge is 0.334 e. The topological polar surface area (TPSA) is 66.9 Å². The number of sulfonamides is 1. The average molecular weight is 439 g/mol. The van der Waals surface area contributed by atoms with Crippen LogP contribution in [0.1, 0.15) is 21.5 Å². The van der Waals surface area contributed by atoms with Crippen LogP contribution in [0.25, 0.3) is 0 Å². The zero-order valence-electron chi connectivity index (χ0n) is 17.6. The molecule has 3 aromatic carbocycles. The first kappa shape index (κ1) is 22.7. The lowest BCUT2D eigenvalue weighted by Crippen LogP contribution is -2.32. The molecule has 31 heavy (non-hydrogen) atoms. The minimum absolute atomic E-state index is 0.0623. The fourth-order valence-electron chi connectivity index (χ4n) is 3.16. The lowest BCUT2D eigenvalue weighted by Gasteiger charge is -2.23. The summed E-state index contributed by atoms with van der Waals surface area (Å²) in [7, 11) is -1.16. The molecule has 0 heterocycles. The van der Waals surface area contributed by atoms with Crippen molar-refractivity contribution in [3.8, 4) is 0 Å². The molecule has 0 radical (unpaired) electrons. The fraction of sp³-hybridized carbons (Fsp3) is 0.208. The van der Waals surface area contributed by atoms with E-state index in [0.717, 1.165) is 22.0 Å². The summed E-state index contributed by atoms with van der Waals surface area (Å²) in [6.45, 7) is 1.02. The highest BCUT2D eigenvalue weighted by Crippen LogP contribution is 2.17. The maximum Gasteiger partial charge on any atom is 0.264 e. The Bertz CT molecular complexity index is 1090. The number of rotatable bonds is 9. The molecule has 0 spiro atoms. The highest BCUT2D eigenvalue weighted by atomic mass is 32.2. The van der Waals surface area contributed by atoms with Crippen LogP contribution in [-0.2, 0) is 27.8 Å². The van der Waals surface area contributed by atoms with Crippen LogP contribution in [0, 0.1) is 0 Å². The Morgan fingerprint density at radius 2 is 1.39 bits per heavy atom. The van der Waals surface area contributed by atoms with Crippen molar-refractivity contribution in [3.05, 3.63) is 102 Å². The van der Waals surface area contributed by atoms with Crippen LogP contribution in [-0.4, -0.2) is 44.4 Å². The molecule has 0 aliphatic rings. The van der Waals surface area contributed by atoms with E-state index in [1.807, 2.05) is 60.7 Å². The van der Waals surface area contributed by atoms with Crippen LogP contribution in [0.15, 0.2) is 89.8 Å². The molecule has 0 fully saturated rings. The van der Waals surface area contributed by atoms with Crippen molar-refractivity contribution in [2.75, 3.05) is 20.7 Å². The van der Waals surface area contributed by atoms with Gasteiger partial charge in [-0.2, -0.15) is 0 Å². The van der Waals surface area contributed by atoms with Gasteiger partial charge in [-0.3, -0.25) is 9.63 Å². The third kappa shape index (κ3) is 5.79. The second kappa shape index (κ2) is 10.3. The first-order valence-electron chi connectivity index (χ1n) is 9.92. The number of nitrogens with zero attached hydrogens (tertiary/aromatic N) is 2. The maximum absolute atomic E-state index is 13.3. The Hall–Kier alpha value is -3.00. The van der Waals surface area contributed by atoms with E-state index in [1.54, 1.807) is 17.0 Å². The predicted octanol–water partition coefficient (Wildman–Crippen LogP) is 3.75. The van der Waals surface area contributed by atoms with E-state index in [1.165, 1.54) is 26.3 Å². The van der Waals surface area contributed by atoms with Crippen molar-refractivity contribution in [2.24, 2.45) is 0 Å². The summed E-state index contributed by atoms with van der Waals surface area (Å²) in [6.07, 6.45) is 0.727. The third-order valence-electron chi connectivity index (χ3n) is 5.01. The second-order valence-electron chi connectivity index (χ2n) is 7.07. The molecule has 0 bridgehead atoms. The van der Waals surface area contributed by atoms with Crippen molar-refractivity contribution in [1.82, 2.24) is 9.37 Å². The second-order valence-corrected chi connectivity index (χ2v) is 9.01. The van der Waals surface area contributed by atoms with E-state index in [2.05, 4.69) is 0 Å². The van der Waals surface area contributed by atoms with Gasteiger partial charge in [0, 0.05) is 25.7 Å². The number of hydrogen-bond donors (Lipinski definition) is 0. The number of benzene rings is 3. The van der Waals surface area contributed by atoms with Crippen LogP contribution < -0.4 is 0 Å². The Kier molecular flexibility index (Phi) is 7.57. The van der Waals surface area contributed by atoms with Gasteiger partial charge in [-0.15, -0.1) is 0 Å². The van der Waals surface area contributed by atoms with Crippen molar-refractivity contribution < 1.29 is 18.0 Å². The molecule has 7 heteroatoms. The van der Waals surface area contributed by atoms with E-state index in [0.29, 0.717) is 18.7 Å². The third-order valence-corrected chi connectivity index (χ3v) is 6.71. The Morgan fingerprint density at radius 3 is 1.94 bits per heavy atom. The molecule has 0 aliphatic heterocycles. The Labute approximate surface area is 183 Å². The highest BCUT2D eigenvalue weighted by molar-refractivity contribution is 7.89. The van der Waals surface area contributed by atoms with Gasteiger partial charge in [-0.1, -0.05) is 65.1 Å². The lowest BCUT2D eigenvalue weighted by atomic mass is 10.1. The molecule has 3 rings (SSSR count). The SMILES string of the molecule is CON(C)S(=O)(=O)c1ccc(C(=O)N(CCc2ccccc2)Cc2ccccc2)cc1. The van der Waals surface area contributed by atoms with Gasteiger partial charge in [0.2, 0.25) is 0 Å². The van der Waals surface area contributed by atoms with Crippen LogP contribution in [0.2, 0.25) is 0 Å². The molecule has 162 valence electrons. The minimum Gasteiger partial charge on any atom is -0.334 e. The van der Waals surface area contributed by atoms with Crippen molar-refractivity contribution >= 4 is 15.9 Å². The first-order chi connectivity index (χ1) is 14.9. The van der Waals surface area contributed by atoms with E-state index >= 15 is 0 Å². The molecule has 0 aromatic heterocycles. The average Bonchev–Trinajstić information content (AvgIpc) is 2.82. The summed E-state index contributed by atoms with van der Waals surface area (Å²) >= 11 is 0. The van der Waals surface area contributed by atoms with Gasteiger partial charge in [0.25, 0.3) is 15.9 Å². The lowest BCUT2D eigenvalue weighted by molar-refractivity contribution is -0.0258. The first-order valence-corrected chi connectivity index (χ1v) is 11.4. The number of carbonyl (C=O) groups excluding carboxylic acids is 1. The fourth-order valence-corrected chi connectivity index (χ4v) is 4.14. The monoisotopic (exact) mass is 438 g/mol. The summed E-state index contributed by atoms with van der Waals surface area (Å²) in [5.41, 5.74) is 2.62. The summed E-state index contributed by atoms with van der Waals surface area (Å²) in [5.74, 6) is -0.149. The van der Waals surface area contributed by atoms with Gasteiger partial charge in [0.05, 0.1) is 12.0 Å². The van der Waals surface area contributed by atoms with Crippen LogP contribution in [0.5, 0.6) is 0 Å². The van der Waals surface area contributed by atoms with E-state index in [9.17, 15) is 13.2 Å². The van der Waals surface area contributed by atoms with Gasteiger partial charge in [0.15, 0.2) is 0 Å². The van der Waals surface area contributed by atoms with Gasteiger partial charge in [0.1, 0.15) is 0 Å². The van der Waals surface area contributed by atoms with E-state index < -0.39 is 10.0 Å². The number of hydrogen-bond acceptors (Lipinski definition) is 4. The van der Waals surface area contributed by atoms with E-state index in [4.69, 9.17) is 4.84 Å². The van der Waals surface area contributed by atoms with Crippen molar-refractivity contribution in [3.63, 3.8) is 0 Å². The summed E-state index contributed by atoms with van der Waals surface area (Å²) in [5, 5.41) is 0. The Balaban J connectivity index is 1.81. The van der Waals surface area contributed by atoms with Gasteiger partial charge in [-0.05, 0) is 41.8 Å². The smallest absolute Gasteiger partial charge is 0.264 e. The molecule has 3 aromatic rings. The molecule has 0 aliphatic carbocycles. The molecule has 6 nitrogen and oxygen atoms in total. The quantitative estimate of drug-likeness (QED) is 0.477. The molecule has 1 amide bonds. The standard InChI is InChI=1S/C24H26N2O4S/c1-25(30-2)31(28,29)23-15-13-22(14-16-23)24(27)26(19-21-11-7-4-8-12-21)18-17-20-9-5-3-6-10-20/h3-16H,17-19H2,1-2H3. The van der Waals surface area contributed by atoms with E-state index in [-0.39, 0.29) is 10.8 Å². The number of carbonyl (C=O) groups is 1. The zero-order chi connectivity index (χ0) is 22.3. The number of hydroxylamine groups is 1. The van der Waals surface area contributed by atoms with Gasteiger partial charge in [-0.25, -0.2) is 8.42 Å². The number of amides is 1. The summed E-state index contributed by atoms with van der Waals surface area (Å²) in [4.78, 5) is 19.9. The molecular weight excluding hydrogens is 412 g/mol. The molecule has 0 saturated heterocycles. The molecule has 0 unspecified atom stereocenters. The molecule has 0 saturated carbocycles. The zero-order valence-corrected chi connectivity index (χ0v) is 18.5. The molecule has 0 atom stereocenters. The van der Waals surface area contributed by atoms with Crippen LogP contribution >= 0.6 is 0 Å². The van der Waals surface area contributed by atoms with Gasteiger partial charge >= 0.3 is 0 Å². The van der Waals surface area contributed by atoms with Crippen LogP contribution in [0.3, 0.4) is 0 Å². The summed E-state index contributed by atoms with van der Waals surface area (Å²) in [6, 6.07) is 25.7. The highest BCUT2D eigenvalue weighted by Gasteiger charge is 2.22. The molecular formula is C24H26N2O4S. The van der Waals surface area contributed by atoms with Crippen LogP contribution in [0.4, 0.5) is 0 Å². The summed E-state index contributed by atoms with van der Waals surface area (Å²) < 4.78 is 25.6. The van der Waals surface area contributed by atoms with Crippen molar-refractivity contribution in [2.45, 2.75) is 17.9 Å². The minimum atomic E-state index is -3.76. The predicted molar refractivity (Wildman–Crippen MR) is 120 cm³/mol.